The van der Waals surface area contributed by atoms with Crippen molar-refractivity contribution in [3.05, 3.63) is 58.1 Å². The van der Waals surface area contributed by atoms with Crippen LogP contribution in [0.25, 0.3) is 0 Å². The number of amides is 3. The molecular formula is C27H31ClF5N5O3. The fourth-order valence-electron chi connectivity index (χ4n) is 4.52. The minimum absolute atomic E-state index is 0.125. The lowest BCUT2D eigenvalue weighted by Crippen LogP contribution is -2.52. The van der Waals surface area contributed by atoms with Crippen molar-refractivity contribution in [1.82, 2.24) is 15.5 Å². The summed E-state index contributed by atoms with van der Waals surface area (Å²) in [5.74, 6) is -4.69. The highest BCUT2D eigenvalue weighted by Gasteiger charge is 2.31. The fraction of sp³-hybridized carbons (Fsp3) is 0.444. The molecule has 1 fully saturated rings. The minimum Gasteiger partial charge on any atom is -0.365 e. The third kappa shape index (κ3) is 8.77. The number of alkyl halides is 3. The first-order chi connectivity index (χ1) is 19.2. The highest BCUT2D eigenvalue weighted by Crippen LogP contribution is 2.33. The first-order valence-electron chi connectivity index (χ1n) is 12.8. The molecule has 1 saturated heterocycles. The van der Waals surface area contributed by atoms with E-state index in [1.807, 2.05) is 11.8 Å². The number of hydrogen-bond donors (Lipinski definition) is 3. The van der Waals surface area contributed by atoms with Crippen molar-refractivity contribution >= 4 is 40.7 Å². The van der Waals surface area contributed by atoms with Crippen LogP contribution >= 0.6 is 11.6 Å². The van der Waals surface area contributed by atoms with Crippen molar-refractivity contribution in [3.63, 3.8) is 0 Å². The molecule has 0 saturated carbocycles. The number of carbonyl (C=O) groups is 3. The van der Waals surface area contributed by atoms with E-state index in [1.165, 1.54) is 32.0 Å². The Morgan fingerprint density at radius 3 is 2.44 bits per heavy atom. The second-order valence-corrected chi connectivity index (χ2v) is 10.3. The zero-order valence-corrected chi connectivity index (χ0v) is 23.4. The van der Waals surface area contributed by atoms with Crippen molar-refractivity contribution in [2.24, 2.45) is 0 Å². The van der Waals surface area contributed by atoms with E-state index in [-0.39, 0.29) is 30.4 Å². The van der Waals surface area contributed by atoms with Gasteiger partial charge in [0.05, 0.1) is 23.4 Å². The van der Waals surface area contributed by atoms with Crippen LogP contribution in [0.4, 0.5) is 33.3 Å². The highest BCUT2D eigenvalue weighted by atomic mass is 35.5. The number of anilines is 2. The third-order valence-electron chi connectivity index (χ3n) is 6.61. The van der Waals surface area contributed by atoms with Crippen molar-refractivity contribution < 1.29 is 36.3 Å². The molecule has 1 heterocycles. The number of carbonyl (C=O) groups excluding carboxylic acids is 3. The maximum absolute atomic E-state index is 14.9. The third-order valence-corrected chi connectivity index (χ3v) is 6.85. The van der Waals surface area contributed by atoms with Gasteiger partial charge in [0.1, 0.15) is 6.04 Å². The van der Waals surface area contributed by atoms with Gasteiger partial charge in [-0.25, -0.2) is 8.78 Å². The van der Waals surface area contributed by atoms with Crippen LogP contribution in [0.15, 0.2) is 30.3 Å². The van der Waals surface area contributed by atoms with Crippen LogP contribution < -0.4 is 20.9 Å². The van der Waals surface area contributed by atoms with E-state index in [0.717, 1.165) is 6.07 Å². The zero-order chi connectivity index (χ0) is 30.5. The van der Waals surface area contributed by atoms with Gasteiger partial charge < -0.3 is 20.9 Å². The van der Waals surface area contributed by atoms with Crippen LogP contribution in [-0.4, -0.2) is 67.1 Å². The molecule has 2 atom stereocenters. The molecule has 2 aromatic carbocycles. The number of nitrogens with one attached hydrogen (secondary N) is 3. The lowest BCUT2D eigenvalue weighted by molar-refractivity contribution is -0.138. The molecule has 0 aliphatic carbocycles. The number of rotatable bonds is 9. The molecule has 0 bridgehead atoms. The summed E-state index contributed by atoms with van der Waals surface area (Å²) in [5, 5.41) is 7.70. The van der Waals surface area contributed by atoms with Gasteiger partial charge in [0.2, 0.25) is 11.8 Å². The number of nitrogens with zero attached hydrogens (tertiary/aromatic N) is 2. The molecule has 14 heteroatoms. The van der Waals surface area contributed by atoms with Gasteiger partial charge in [-0.2, -0.15) is 13.2 Å². The van der Waals surface area contributed by atoms with E-state index >= 15 is 0 Å². The molecule has 3 N–H and O–H groups in total. The Bertz CT molecular complexity index is 1290. The van der Waals surface area contributed by atoms with Crippen molar-refractivity contribution in [2.45, 2.75) is 52.0 Å². The van der Waals surface area contributed by atoms with Crippen LogP contribution in [-0.2, 0) is 16.1 Å². The Hall–Kier alpha value is -3.45. The summed E-state index contributed by atoms with van der Waals surface area (Å²) in [7, 11) is 0. The normalized spacial score (nSPS) is 16.7. The predicted molar refractivity (Wildman–Crippen MR) is 145 cm³/mol. The molecule has 3 rings (SSSR count). The number of hydrogen-bond acceptors (Lipinski definition) is 5. The number of benzene rings is 2. The molecule has 3 amide bonds. The van der Waals surface area contributed by atoms with Crippen LogP contribution in [0.1, 0.15) is 43.1 Å². The van der Waals surface area contributed by atoms with Crippen molar-refractivity contribution in [1.29, 1.82) is 0 Å². The zero-order valence-electron chi connectivity index (χ0n) is 22.7. The number of piperazine rings is 1. The van der Waals surface area contributed by atoms with Gasteiger partial charge in [-0.15, -0.1) is 0 Å². The molecule has 8 nitrogen and oxygen atoms in total. The molecule has 0 unspecified atom stereocenters. The molecule has 41 heavy (non-hydrogen) atoms. The van der Waals surface area contributed by atoms with Gasteiger partial charge in [-0.05, 0) is 38.1 Å². The average molecular weight is 604 g/mol. The molecule has 0 aromatic heterocycles. The quantitative estimate of drug-likeness (QED) is 0.368. The molecule has 2 aromatic rings. The SMILES string of the molecule is CC(=O)N[C@H](C)C(=O)NCc1ccc(C(=O)Nc2ccc(Cl)cc2N2CCN(CCC(F)(F)F)C[C@@H]2C)c(F)c1F. The molecule has 0 spiro atoms. The van der Waals surface area contributed by atoms with Gasteiger partial charge >= 0.3 is 6.18 Å². The van der Waals surface area contributed by atoms with Crippen LogP contribution in [0.3, 0.4) is 0 Å². The Morgan fingerprint density at radius 1 is 1.10 bits per heavy atom. The summed E-state index contributed by atoms with van der Waals surface area (Å²) in [4.78, 5) is 39.7. The van der Waals surface area contributed by atoms with Gasteiger partial charge in [0.15, 0.2) is 11.6 Å². The minimum atomic E-state index is -4.25. The standard InChI is InChI=1S/C27H31ClF5N5O3/c1-15-14-37(9-8-27(31,32)33)10-11-38(15)22-12-19(28)5-7-21(22)36-26(41)20-6-4-18(23(29)24(20)30)13-34-25(40)16(2)35-17(3)39/h4-7,12,15-16H,8-11,13-14H2,1-3H3,(H,34,40)(H,35,39)(H,36,41)/t15-,16+/m0/s1. The number of halogens is 6. The second-order valence-electron chi connectivity index (χ2n) is 9.86. The lowest BCUT2D eigenvalue weighted by Gasteiger charge is -2.42. The van der Waals surface area contributed by atoms with Crippen LogP contribution in [0, 0.1) is 11.6 Å². The summed E-state index contributed by atoms with van der Waals surface area (Å²) in [6.45, 7) is 5.04. The second kappa shape index (κ2) is 13.5. The van der Waals surface area contributed by atoms with E-state index < -0.39 is 53.6 Å². The molecular weight excluding hydrogens is 573 g/mol. The van der Waals surface area contributed by atoms with E-state index in [2.05, 4.69) is 16.0 Å². The largest absolute Gasteiger partial charge is 0.390 e. The summed E-state index contributed by atoms with van der Waals surface area (Å²) in [6, 6.07) is 5.74. The highest BCUT2D eigenvalue weighted by molar-refractivity contribution is 6.31. The summed E-state index contributed by atoms with van der Waals surface area (Å²) in [6.07, 6.45) is -5.17. The van der Waals surface area contributed by atoms with E-state index in [1.54, 1.807) is 11.0 Å². The van der Waals surface area contributed by atoms with Crippen LogP contribution in [0.5, 0.6) is 0 Å². The van der Waals surface area contributed by atoms with E-state index in [0.29, 0.717) is 30.3 Å². The molecule has 0 radical (unpaired) electrons. The summed E-state index contributed by atoms with van der Waals surface area (Å²) >= 11 is 6.19. The van der Waals surface area contributed by atoms with E-state index in [4.69, 9.17) is 11.6 Å². The van der Waals surface area contributed by atoms with Gasteiger partial charge in [-0.3, -0.25) is 19.3 Å². The van der Waals surface area contributed by atoms with Crippen molar-refractivity contribution in [2.75, 3.05) is 36.4 Å². The Kier molecular flexibility index (Phi) is 10.5. The lowest BCUT2D eigenvalue weighted by atomic mass is 10.1. The van der Waals surface area contributed by atoms with Gasteiger partial charge in [0.25, 0.3) is 5.91 Å². The molecule has 224 valence electrons. The van der Waals surface area contributed by atoms with E-state index in [9.17, 15) is 36.3 Å². The first kappa shape index (κ1) is 32.1. The smallest absolute Gasteiger partial charge is 0.365 e. The maximum atomic E-state index is 14.9. The summed E-state index contributed by atoms with van der Waals surface area (Å²) < 4.78 is 67.7. The summed E-state index contributed by atoms with van der Waals surface area (Å²) in [5.41, 5.74) is -0.0256. The van der Waals surface area contributed by atoms with Gasteiger partial charge in [-0.1, -0.05) is 17.7 Å². The Labute approximate surface area is 239 Å². The van der Waals surface area contributed by atoms with Crippen LogP contribution in [0.2, 0.25) is 5.02 Å². The topological polar surface area (TPSA) is 93.8 Å². The molecule has 1 aliphatic rings. The Balaban J connectivity index is 1.72. The first-order valence-corrected chi connectivity index (χ1v) is 13.2. The van der Waals surface area contributed by atoms with Crippen molar-refractivity contribution in [3.8, 4) is 0 Å². The molecule has 1 aliphatic heterocycles. The Morgan fingerprint density at radius 2 is 1.80 bits per heavy atom. The predicted octanol–water partition coefficient (Wildman–Crippen LogP) is 4.47. The maximum Gasteiger partial charge on any atom is 0.390 e. The fourth-order valence-corrected chi connectivity index (χ4v) is 4.69. The van der Waals surface area contributed by atoms with Gasteiger partial charge in [0, 0.05) is 56.3 Å². The monoisotopic (exact) mass is 603 g/mol. The average Bonchev–Trinajstić information content (AvgIpc) is 2.88.